The van der Waals surface area contributed by atoms with E-state index in [1.54, 1.807) is 0 Å². The van der Waals surface area contributed by atoms with E-state index in [1.165, 1.54) is 5.69 Å². The van der Waals surface area contributed by atoms with E-state index in [9.17, 15) is 0 Å². The summed E-state index contributed by atoms with van der Waals surface area (Å²) in [6.45, 7) is 0.640. The molecule has 1 heterocycles. The van der Waals surface area contributed by atoms with Crippen LogP contribution in [-0.2, 0) is 6.42 Å². The maximum Gasteiger partial charge on any atom is 0.137 e. The fraction of sp³-hybridized carbons (Fsp3) is 0.308. The minimum Gasteiger partial charge on any atom is -0.378 e. The molecule has 0 aliphatic carbocycles. The minimum absolute atomic E-state index is 0.640. The van der Waals surface area contributed by atoms with Crippen LogP contribution < -0.4 is 10.6 Å². The van der Waals surface area contributed by atoms with E-state index < -0.39 is 0 Å². The molecule has 0 saturated heterocycles. The number of nitrogens with zero attached hydrogens (tertiary/aromatic N) is 2. The van der Waals surface area contributed by atoms with Crippen LogP contribution in [0, 0.1) is 0 Å². The second-order valence-electron chi connectivity index (χ2n) is 4.24. The standard InChI is InChI=1S/C13H18N4/c1-17(2)12-5-3-10(4-6-12)13-15-9-11(16-13)7-8-14/h3-6,9H,7-8,14H2,1-2H3,(H,15,16). The van der Waals surface area contributed by atoms with Crippen LogP contribution in [0.4, 0.5) is 5.69 Å². The number of imidazole rings is 1. The van der Waals surface area contributed by atoms with Crippen molar-refractivity contribution in [3.05, 3.63) is 36.2 Å². The van der Waals surface area contributed by atoms with E-state index in [4.69, 9.17) is 5.73 Å². The Morgan fingerprint density at radius 2 is 1.94 bits per heavy atom. The van der Waals surface area contributed by atoms with Gasteiger partial charge in [-0.25, -0.2) is 4.98 Å². The summed E-state index contributed by atoms with van der Waals surface area (Å²) < 4.78 is 0. The number of hydrogen-bond acceptors (Lipinski definition) is 3. The molecule has 4 nitrogen and oxygen atoms in total. The number of rotatable bonds is 4. The van der Waals surface area contributed by atoms with E-state index in [1.807, 2.05) is 20.3 Å². The maximum absolute atomic E-state index is 5.51. The van der Waals surface area contributed by atoms with Gasteiger partial charge in [-0.15, -0.1) is 0 Å². The van der Waals surface area contributed by atoms with E-state index in [2.05, 4.69) is 39.1 Å². The first-order valence-electron chi connectivity index (χ1n) is 5.72. The lowest BCUT2D eigenvalue weighted by Gasteiger charge is -2.12. The number of nitrogens with two attached hydrogens (primary N) is 1. The fourth-order valence-corrected chi connectivity index (χ4v) is 1.71. The van der Waals surface area contributed by atoms with Crippen molar-refractivity contribution in [3.8, 4) is 11.4 Å². The van der Waals surface area contributed by atoms with Crippen LogP contribution in [0.5, 0.6) is 0 Å². The van der Waals surface area contributed by atoms with Crippen molar-refractivity contribution in [3.63, 3.8) is 0 Å². The van der Waals surface area contributed by atoms with Gasteiger partial charge in [0, 0.05) is 43.7 Å². The molecule has 0 aliphatic heterocycles. The second kappa shape index (κ2) is 5.01. The van der Waals surface area contributed by atoms with Gasteiger partial charge < -0.3 is 15.6 Å². The Bertz CT molecular complexity index is 470. The Kier molecular flexibility index (Phi) is 3.44. The number of aromatic nitrogens is 2. The molecule has 17 heavy (non-hydrogen) atoms. The number of anilines is 1. The van der Waals surface area contributed by atoms with Gasteiger partial charge in [0.1, 0.15) is 5.82 Å². The molecule has 1 aromatic carbocycles. The summed E-state index contributed by atoms with van der Waals surface area (Å²) in [6.07, 6.45) is 2.69. The van der Waals surface area contributed by atoms with Crippen LogP contribution in [0.25, 0.3) is 11.4 Å². The second-order valence-corrected chi connectivity index (χ2v) is 4.24. The molecule has 2 aromatic rings. The van der Waals surface area contributed by atoms with E-state index >= 15 is 0 Å². The smallest absolute Gasteiger partial charge is 0.137 e. The molecule has 0 spiro atoms. The van der Waals surface area contributed by atoms with Gasteiger partial charge in [0.25, 0.3) is 0 Å². The van der Waals surface area contributed by atoms with E-state index in [0.717, 1.165) is 23.5 Å². The monoisotopic (exact) mass is 230 g/mol. The van der Waals surface area contributed by atoms with Crippen molar-refractivity contribution in [2.75, 3.05) is 25.5 Å². The molecule has 0 atom stereocenters. The molecule has 2 rings (SSSR count). The first-order chi connectivity index (χ1) is 8.20. The van der Waals surface area contributed by atoms with Crippen LogP contribution >= 0.6 is 0 Å². The SMILES string of the molecule is CN(C)c1ccc(-c2ncc(CCN)[nH]2)cc1. The van der Waals surface area contributed by atoms with Crippen LogP contribution in [0.1, 0.15) is 5.69 Å². The third-order valence-corrected chi connectivity index (χ3v) is 2.70. The van der Waals surface area contributed by atoms with Gasteiger partial charge in [0.05, 0.1) is 0 Å². The van der Waals surface area contributed by atoms with Gasteiger partial charge >= 0.3 is 0 Å². The highest BCUT2D eigenvalue weighted by atomic mass is 15.1. The Balaban J connectivity index is 2.21. The van der Waals surface area contributed by atoms with Crippen molar-refractivity contribution in [1.82, 2.24) is 9.97 Å². The van der Waals surface area contributed by atoms with Crippen molar-refractivity contribution < 1.29 is 0 Å². The number of H-pyrrole nitrogens is 1. The molecule has 0 bridgehead atoms. The van der Waals surface area contributed by atoms with Crippen molar-refractivity contribution >= 4 is 5.69 Å². The Labute approximate surface area is 101 Å². The maximum atomic E-state index is 5.51. The van der Waals surface area contributed by atoms with Gasteiger partial charge in [-0.3, -0.25) is 0 Å². The predicted octanol–water partition coefficient (Wildman–Crippen LogP) is 1.64. The highest BCUT2D eigenvalue weighted by Gasteiger charge is 2.03. The zero-order chi connectivity index (χ0) is 12.3. The largest absolute Gasteiger partial charge is 0.378 e. The molecule has 0 unspecified atom stereocenters. The Morgan fingerprint density at radius 3 is 2.53 bits per heavy atom. The third-order valence-electron chi connectivity index (χ3n) is 2.70. The number of aromatic amines is 1. The van der Waals surface area contributed by atoms with Crippen LogP contribution in [0.2, 0.25) is 0 Å². The molecular formula is C13H18N4. The lowest BCUT2D eigenvalue weighted by atomic mass is 10.2. The summed E-state index contributed by atoms with van der Waals surface area (Å²) in [5.41, 5.74) is 8.87. The molecule has 4 heteroatoms. The van der Waals surface area contributed by atoms with Gasteiger partial charge in [-0.05, 0) is 30.8 Å². The molecule has 0 amide bonds. The lowest BCUT2D eigenvalue weighted by molar-refractivity contribution is 0.936. The van der Waals surface area contributed by atoms with Gasteiger partial charge in [0.2, 0.25) is 0 Å². The van der Waals surface area contributed by atoms with Gasteiger partial charge in [-0.1, -0.05) is 0 Å². The van der Waals surface area contributed by atoms with Crippen molar-refractivity contribution in [2.24, 2.45) is 5.73 Å². The van der Waals surface area contributed by atoms with Crippen molar-refractivity contribution in [2.45, 2.75) is 6.42 Å². The zero-order valence-electron chi connectivity index (χ0n) is 10.3. The number of nitrogens with one attached hydrogen (secondary N) is 1. The topological polar surface area (TPSA) is 57.9 Å². The number of hydrogen-bond donors (Lipinski definition) is 2. The van der Waals surface area contributed by atoms with Crippen LogP contribution in [0.3, 0.4) is 0 Å². The zero-order valence-corrected chi connectivity index (χ0v) is 10.3. The molecule has 0 fully saturated rings. The Morgan fingerprint density at radius 1 is 1.24 bits per heavy atom. The van der Waals surface area contributed by atoms with Gasteiger partial charge in [-0.2, -0.15) is 0 Å². The quantitative estimate of drug-likeness (QED) is 0.839. The summed E-state index contributed by atoms with van der Waals surface area (Å²) in [6, 6.07) is 8.31. The summed E-state index contributed by atoms with van der Waals surface area (Å²) in [4.78, 5) is 9.70. The Hall–Kier alpha value is -1.81. The first-order valence-corrected chi connectivity index (χ1v) is 5.72. The lowest BCUT2D eigenvalue weighted by Crippen LogP contribution is -2.07. The van der Waals surface area contributed by atoms with Crippen molar-refractivity contribution in [1.29, 1.82) is 0 Å². The highest BCUT2D eigenvalue weighted by Crippen LogP contribution is 2.19. The van der Waals surface area contributed by atoms with Gasteiger partial charge in [0.15, 0.2) is 0 Å². The third kappa shape index (κ3) is 2.65. The molecule has 90 valence electrons. The number of benzene rings is 1. The average molecular weight is 230 g/mol. The highest BCUT2D eigenvalue weighted by molar-refractivity contribution is 5.60. The predicted molar refractivity (Wildman–Crippen MR) is 71.1 cm³/mol. The van der Waals surface area contributed by atoms with Crippen LogP contribution in [0.15, 0.2) is 30.5 Å². The fourth-order valence-electron chi connectivity index (χ4n) is 1.71. The summed E-state index contributed by atoms with van der Waals surface area (Å²) in [5.74, 6) is 0.902. The first kappa shape index (κ1) is 11.7. The molecule has 0 radical (unpaired) electrons. The average Bonchev–Trinajstić information content (AvgIpc) is 2.78. The molecule has 0 saturated carbocycles. The van der Waals surface area contributed by atoms with Crippen LogP contribution in [-0.4, -0.2) is 30.6 Å². The van der Waals surface area contributed by atoms with E-state index in [0.29, 0.717) is 6.54 Å². The molecule has 1 aromatic heterocycles. The normalized spacial score (nSPS) is 10.5. The molecular weight excluding hydrogens is 212 g/mol. The molecule has 0 aliphatic rings. The summed E-state index contributed by atoms with van der Waals surface area (Å²) >= 11 is 0. The summed E-state index contributed by atoms with van der Waals surface area (Å²) in [5, 5.41) is 0. The molecule has 3 N–H and O–H groups in total. The van der Waals surface area contributed by atoms with E-state index in [-0.39, 0.29) is 0 Å². The summed E-state index contributed by atoms with van der Waals surface area (Å²) in [7, 11) is 4.06. The minimum atomic E-state index is 0.640.